The Morgan fingerprint density at radius 3 is 2.80 bits per heavy atom. The third kappa shape index (κ3) is 5.64. The molecular weight excluding hydrogens is 208 g/mol. The third-order valence-electron chi connectivity index (χ3n) is 2.26. The Bertz CT molecular complexity index is 272. The van der Waals surface area contributed by atoms with Gasteiger partial charge in [0.2, 0.25) is 0 Å². The van der Waals surface area contributed by atoms with Gasteiger partial charge in [0, 0.05) is 23.9 Å². The second-order valence-electron chi connectivity index (χ2n) is 3.64. The summed E-state index contributed by atoms with van der Waals surface area (Å²) in [6.45, 7) is 0.759. The molecule has 15 heavy (non-hydrogen) atoms. The first-order valence-electron chi connectivity index (χ1n) is 5.42. The quantitative estimate of drug-likeness (QED) is 0.691. The highest BCUT2D eigenvalue weighted by molar-refractivity contribution is 7.09. The highest BCUT2D eigenvalue weighted by Gasteiger charge is 2.04. The van der Waals surface area contributed by atoms with Crippen molar-refractivity contribution >= 4 is 17.1 Å². The van der Waals surface area contributed by atoms with Crippen molar-refractivity contribution in [1.82, 2.24) is 4.98 Å². The first kappa shape index (κ1) is 12.3. The number of nitrogens with zero attached hydrogens (tertiary/aromatic N) is 1. The van der Waals surface area contributed by atoms with Crippen LogP contribution in [-0.4, -0.2) is 17.3 Å². The van der Waals surface area contributed by atoms with Crippen LogP contribution < -0.4 is 5.73 Å². The van der Waals surface area contributed by atoms with Gasteiger partial charge >= 0.3 is 0 Å². The zero-order valence-electron chi connectivity index (χ0n) is 8.95. The van der Waals surface area contributed by atoms with E-state index in [1.807, 2.05) is 0 Å². The van der Waals surface area contributed by atoms with Gasteiger partial charge in [-0.1, -0.05) is 12.8 Å². The van der Waals surface area contributed by atoms with Crippen LogP contribution in [0.5, 0.6) is 0 Å². The Morgan fingerprint density at radius 1 is 1.33 bits per heavy atom. The van der Waals surface area contributed by atoms with E-state index in [4.69, 9.17) is 5.73 Å². The summed E-state index contributed by atoms with van der Waals surface area (Å²) >= 11 is 1.55. The molecule has 3 nitrogen and oxygen atoms in total. The number of hydrogen-bond acceptors (Lipinski definition) is 4. The Balaban J connectivity index is 2.04. The van der Waals surface area contributed by atoms with E-state index < -0.39 is 0 Å². The number of hydrogen-bond donors (Lipinski definition) is 1. The van der Waals surface area contributed by atoms with Crippen molar-refractivity contribution in [2.24, 2.45) is 5.73 Å². The number of carbonyl (C=O) groups is 1. The normalized spacial score (nSPS) is 10.5. The van der Waals surface area contributed by atoms with E-state index in [9.17, 15) is 4.79 Å². The standard InChI is InChI=1S/C11H18N2OS/c12-6-4-2-1-3-5-10(14)7-11-8-13-9-15-11/h8-9H,1-7,12H2. The Labute approximate surface area is 94.7 Å². The van der Waals surface area contributed by atoms with Crippen molar-refractivity contribution in [1.29, 1.82) is 0 Å². The number of nitrogens with two attached hydrogens (primary N) is 1. The monoisotopic (exact) mass is 226 g/mol. The molecule has 0 aliphatic carbocycles. The average molecular weight is 226 g/mol. The van der Waals surface area contributed by atoms with Crippen LogP contribution in [-0.2, 0) is 11.2 Å². The molecule has 0 bridgehead atoms. The Hall–Kier alpha value is -0.740. The predicted molar refractivity (Wildman–Crippen MR) is 63.0 cm³/mol. The second kappa shape index (κ2) is 7.54. The lowest BCUT2D eigenvalue weighted by atomic mass is 10.1. The van der Waals surface area contributed by atoms with Gasteiger partial charge in [-0.15, -0.1) is 11.3 Å². The van der Waals surface area contributed by atoms with Crippen molar-refractivity contribution in [3.8, 4) is 0 Å². The third-order valence-corrected chi connectivity index (χ3v) is 3.04. The molecule has 1 aromatic heterocycles. The molecule has 0 spiro atoms. The zero-order valence-corrected chi connectivity index (χ0v) is 9.76. The lowest BCUT2D eigenvalue weighted by Crippen LogP contribution is -2.02. The molecule has 0 aliphatic heterocycles. The first-order chi connectivity index (χ1) is 7.33. The number of rotatable bonds is 8. The molecule has 0 atom stereocenters. The molecule has 0 aliphatic rings. The summed E-state index contributed by atoms with van der Waals surface area (Å²) in [5, 5.41) is 0. The maximum absolute atomic E-state index is 11.5. The molecule has 1 aromatic rings. The van der Waals surface area contributed by atoms with Crippen molar-refractivity contribution < 1.29 is 4.79 Å². The molecule has 4 heteroatoms. The summed E-state index contributed by atoms with van der Waals surface area (Å²) in [5.74, 6) is 0.326. The highest BCUT2D eigenvalue weighted by atomic mass is 32.1. The van der Waals surface area contributed by atoms with E-state index in [1.54, 1.807) is 23.0 Å². The number of thiazole rings is 1. The largest absolute Gasteiger partial charge is 0.330 e. The highest BCUT2D eigenvalue weighted by Crippen LogP contribution is 2.10. The van der Waals surface area contributed by atoms with E-state index in [-0.39, 0.29) is 0 Å². The Kier molecular flexibility index (Phi) is 6.20. The summed E-state index contributed by atoms with van der Waals surface area (Å²) in [7, 11) is 0. The fourth-order valence-electron chi connectivity index (χ4n) is 1.43. The lowest BCUT2D eigenvalue weighted by Gasteiger charge is -1.99. The summed E-state index contributed by atoms with van der Waals surface area (Å²) < 4.78 is 0. The van der Waals surface area contributed by atoms with E-state index in [1.165, 1.54) is 0 Å². The average Bonchev–Trinajstić information content (AvgIpc) is 2.70. The molecule has 84 valence electrons. The van der Waals surface area contributed by atoms with E-state index in [2.05, 4.69) is 4.98 Å². The van der Waals surface area contributed by atoms with Crippen LogP contribution in [0.15, 0.2) is 11.7 Å². The van der Waals surface area contributed by atoms with Gasteiger partial charge in [-0.3, -0.25) is 9.78 Å². The van der Waals surface area contributed by atoms with Crippen LogP contribution in [0.2, 0.25) is 0 Å². The molecule has 2 N–H and O–H groups in total. The van der Waals surface area contributed by atoms with Gasteiger partial charge in [0.15, 0.2) is 0 Å². The van der Waals surface area contributed by atoms with Crippen molar-refractivity contribution in [2.75, 3.05) is 6.54 Å². The number of aromatic nitrogens is 1. The first-order valence-corrected chi connectivity index (χ1v) is 6.30. The summed E-state index contributed by atoms with van der Waals surface area (Å²) in [6.07, 6.45) is 7.36. The van der Waals surface area contributed by atoms with Crippen LogP contribution in [0, 0.1) is 0 Å². The topological polar surface area (TPSA) is 56.0 Å². The predicted octanol–water partition coefficient (Wildman–Crippen LogP) is 2.16. The molecular formula is C11H18N2OS. The fourth-order valence-corrected chi connectivity index (χ4v) is 2.06. The molecule has 1 rings (SSSR count). The van der Waals surface area contributed by atoms with Crippen molar-refractivity contribution in [3.05, 3.63) is 16.6 Å². The summed E-state index contributed by atoms with van der Waals surface area (Å²) in [4.78, 5) is 16.5. The minimum Gasteiger partial charge on any atom is -0.330 e. The van der Waals surface area contributed by atoms with Gasteiger partial charge in [0.05, 0.1) is 5.51 Å². The Morgan fingerprint density at radius 2 is 2.13 bits per heavy atom. The zero-order chi connectivity index (χ0) is 10.9. The van der Waals surface area contributed by atoms with Crippen LogP contribution in [0.1, 0.15) is 37.0 Å². The molecule has 0 saturated carbocycles. The number of ketones is 1. The van der Waals surface area contributed by atoms with E-state index in [0.717, 1.165) is 37.1 Å². The van der Waals surface area contributed by atoms with Crippen LogP contribution >= 0.6 is 11.3 Å². The van der Waals surface area contributed by atoms with E-state index in [0.29, 0.717) is 18.6 Å². The molecule has 0 fully saturated rings. The minimum absolute atomic E-state index is 0.326. The summed E-state index contributed by atoms with van der Waals surface area (Å²) in [6, 6.07) is 0. The van der Waals surface area contributed by atoms with Gasteiger partial charge in [-0.25, -0.2) is 0 Å². The molecule has 0 aromatic carbocycles. The smallest absolute Gasteiger partial charge is 0.138 e. The van der Waals surface area contributed by atoms with Crippen molar-refractivity contribution in [2.45, 2.75) is 38.5 Å². The van der Waals surface area contributed by atoms with Gasteiger partial charge in [-0.05, 0) is 19.4 Å². The minimum atomic E-state index is 0.326. The van der Waals surface area contributed by atoms with Crippen molar-refractivity contribution in [3.63, 3.8) is 0 Å². The molecule has 0 amide bonds. The number of unbranched alkanes of at least 4 members (excludes halogenated alkanes) is 3. The van der Waals surface area contributed by atoms with Crippen LogP contribution in [0.3, 0.4) is 0 Å². The van der Waals surface area contributed by atoms with Gasteiger partial charge < -0.3 is 5.73 Å². The fraction of sp³-hybridized carbons (Fsp3) is 0.636. The van der Waals surface area contributed by atoms with Gasteiger partial charge in [0.1, 0.15) is 5.78 Å². The molecule has 0 radical (unpaired) electrons. The molecule has 1 heterocycles. The maximum Gasteiger partial charge on any atom is 0.138 e. The second-order valence-corrected chi connectivity index (χ2v) is 4.61. The molecule has 0 unspecified atom stereocenters. The molecule has 0 saturated heterocycles. The maximum atomic E-state index is 11.5. The lowest BCUT2D eigenvalue weighted by molar-refractivity contribution is -0.118. The number of carbonyl (C=O) groups excluding carboxylic acids is 1. The summed E-state index contributed by atoms with van der Waals surface area (Å²) in [5.41, 5.74) is 7.16. The van der Waals surface area contributed by atoms with E-state index >= 15 is 0 Å². The van der Waals surface area contributed by atoms with Crippen LogP contribution in [0.4, 0.5) is 0 Å². The number of Topliss-reactive ketones (excluding diaryl/α,β-unsaturated/α-hetero) is 1. The van der Waals surface area contributed by atoms with Gasteiger partial charge in [-0.2, -0.15) is 0 Å². The van der Waals surface area contributed by atoms with Crippen LogP contribution in [0.25, 0.3) is 0 Å². The van der Waals surface area contributed by atoms with Gasteiger partial charge in [0.25, 0.3) is 0 Å². The SMILES string of the molecule is NCCCCCCC(=O)Cc1cncs1.